The first kappa shape index (κ1) is 26.1. The van der Waals surface area contributed by atoms with Crippen LogP contribution in [0.2, 0.25) is 0 Å². The summed E-state index contributed by atoms with van der Waals surface area (Å²) in [7, 11) is 0. The van der Waals surface area contributed by atoms with Crippen LogP contribution in [0.25, 0.3) is 27.8 Å². The molecular formula is C32H42N6O. The molecule has 2 N–H and O–H groups in total. The predicted molar refractivity (Wildman–Crippen MR) is 157 cm³/mol. The maximum absolute atomic E-state index is 12.9. The van der Waals surface area contributed by atoms with E-state index in [2.05, 4.69) is 77.4 Å². The van der Waals surface area contributed by atoms with Crippen molar-refractivity contribution in [2.24, 2.45) is 0 Å². The summed E-state index contributed by atoms with van der Waals surface area (Å²) >= 11 is 0. The Hall–Kier alpha value is -3.19. The number of aromatic amines is 1. The molecule has 0 unspecified atom stereocenters. The summed E-state index contributed by atoms with van der Waals surface area (Å²) in [4.78, 5) is 23.2. The van der Waals surface area contributed by atoms with Crippen molar-refractivity contribution in [1.29, 1.82) is 0 Å². The van der Waals surface area contributed by atoms with E-state index in [4.69, 9.17) is 0 Å². The van der Waals surface area contributed by atoms with E-state index in [9.17, 15) is 4.79 Å². The van der Waals surface area contributed by atoms with Gasteiger partial charge in [-0.05, 0) is 85.8 Å². The Kier molecular flexibility index (Phi) is 7.19. The van der Waals surface area contributed by atoms with Crippen molar-refractivity contribution < 1.29 is 4.79 Å². The molecule has 206 valence electrons. The highest BCUT2D eigenvalue weighted by Crippen LogP contribution is 2.40. The number of hydrogen-bond acceptors (Lipinski definition) is 4. The average Bonchev–Trinajstić information content (AvgIpc) is 3.59. The van der Waals surface area contributed by atoms with Gasteiger partial charge >= 0.3 is 0 Å². The van der Waals surface area contributed by atoms with Crippen molar-refractivity contribution in [3.8, 4) is 11.3 Å². The molecule has 1 aromatic carbocycles. The van der Waals surface area contributed by atoms with Crippen molar-refractivity contribution in [3.63, 3.8) is 0 Å². The van der Waals surface area contributed by atoms with Crippen LogP contribution in [0, 0.1) is 13.8 Å². The molecule has 0 atom stereocenters. The van der Waals surface area contributed by atoms with Gasteiger partial charge in [0.25, 0.3) is 0 Å². The summed E-state index contributed by atoms with van der Waals surface area (Å²) in [6, 6.07) is 7.48. The molecule has 1 aliphatic carbocycles. The molecule has 39 heavy (non-hydrogen) atoms. The number of aromatic nitrogens is 4. The Balaban J connectivity index is 1.21. The van der Waals surface area contributed by atoms with E-state index in [0.29, 0.717) is 24.4 Å². The maximum Gasteiger partial charge on any atom is 0.236 e. The molecule has 1 saturated carbocycles. The smallest absolute Gasteiger partial charge is 0.236 e. The third kappa shape index (κ3) is 4.97. The number of pyridine rings is 1. The number of likely N-dealkylation sites (tertiary alicyclic amines) is 1. The van der Waals surface area contributed by atoms with E-state index in [-0.39, 0.29) is 5.91 Å². The fourth-order valence-corrected chi connectivity index (χ4v) is 6.86. The van der Waals surface area contributed by atoms with Gasteiger partial charge in [0, 0.05) is 41.8 Å². The standard InChI is InChI=1S/C32H42N6O/c1-20(2)30-26-16-24(23-12-14-37(15-13-23)29(39)17-33-25-8-6-5-7-9-25)10-11-28(26)36-31(30)27-18-38-32(34-19-35-38)22(4)21(27)3/h10-11,16,18-20,23,25,33,36H,5-9,12-15,17H2,1-4H3. The number of benzene rings is 1. The van der Waals surface area contributed by atoms with Crippen LogP contribution in [-0.4, -0.2) is 56.1 Å². The Morgan fingerprint density at radius 2 is 1.85 bits per heavy atom. The molecule has 0 radical (unpaired) electrons. The van der Waals surface area contributed by atoms with Gasteiger partial charge in [-0.1, -0.05) is 39.2 Å². The third-order valence-electron chi connectivity index (χ3n) is 9.30. The molecule has 0 spiro atoms. The van der Waals surface area contributed by atoms with Crippen molar-refractivity contribution in [2.75, 3.05) is 19.6 Å². The van der Waals surface area contributed by atoms with Gasteiger partial charge in [-0.15, -0.1) is 0 Å². The topological polar surface area (TPSA) is 78.3 Å². The van der Waals surface area contributed by atoms with Gasteiger partial charge in [0.1, 0.15) is 6.33 Å². The van der Waals surface area contributed by atoms with Crippen molar-refractivity contribution in [2.45, 2.75) is 90.5 Å². The largest absolute Gasteiger partial charge is 0.354 e. The fraction of sp³-hybridized carbons (Fsp3) is 0.531. The molecule has 4 aromatic rings. The zero-order valence-corrected chi connectivity index (χ0v) is 23.9. The second-order valence-corrected chi connectivity index (χ2v) is 12.1. The normalized spacial score (nSPS) is 17.6. The molecular weight excluding hydrogens is 484 g/mol. The van der Waals surface area contributed by atoms with Crippen LogP contribution in [0.4, 0.5) is 0 Å². The summed E-state index contributed by atoms with van der Waals surface area (Å²) in [6.45, 7) is 11.0. The minimum absolute atomic E-state index is 0.266. The van der Waals surface area contributed by atoms with Gasteiger partial charge in [0.15, 0.2) is 5.65 Å². The summed E-state index contributed by atoms with van der Waals surface area (Å²) < 4.78 is 1.89. The van der Waals surface area contributed by atoms with E-state index in [0.717, 1.165) is 37.1 Å². The molecule has 4 heterocycles. The van der Waals surface area contributed by atoms with Crippen LogP contribution in [0.15, 0.2) is 30.7 Å². The summed E-state index contributed by atoms with van der Waals surface area (Å²) in [5.74, 6) is 1.12. The molecule has 7 heteroatoms. The summed E-state index contributed by atoms with van der Waals surface area (Å²) in [5, 5.41) is 9.26. The van der Waals surface area contributed by atoms with Gasteiger partial charge in [0.05, 0.1) is 12.2 Å². The first-order valence-electron chi connectivity index (χ1n) is 14.9. The molecule has 7 nitrogen and oxygen atoms in total. The minimum Gasteiger partial charge on any atom is -0.354 e. The lowest BCUT2D eigenvalue weighted by Gasteiger charge is -2.33. The Bertz CT molecular complexity index is 1480. The van der Waals surface area contributed by atoms with Crippen LogP contribution in [-0.2, 0) is 4.79 Å². The van der Waals surface area contributed by atoms with Crippen LogP contribution >= 0.6 is 0 Å². The SMILES string of the molecule is Cc1c(-c2[nH]c3ccc(C4CCN(C(=O)CNC5CCCCC5)CC4)cc3c2C(C)C)cn2ncnc2c1C. The number of hydrogen-bond donors (Lipinski definition) is 2. The number of carbonyl (C=O) groups is 1. The monoisotopic (exact) mass is 526 g/mol. The molecule has 3 aromatic heterocycles. The number of piperidine rings is 1. The summed E-state index contributed by atoms with van der Waals surface area (Å²) in [6.07, 6.45) is 12.1. The van der Waals surface area contributed by atoms with Gasteiger partial charge in [-0.3, -0.25) is 4.79 Å². The number of carbonyl (C=O) groups excluding carboxylic acids is 1. The van der Waals surface area contributed by atoms with Gasteiger partial charge in [-0.2, -0.15) is 5.10 Å². The van der Waals surface area contributed by atoms with Gasteiger partial charge in [0.2, 0.25) is 5.91 Å². The zero-order chi connectivity index (χ0) is 27.1. The lowest BCUT2D eigenvalue weighted by Crippen LogP contribution is -2.45. The third-order valence-corrected chi connectivity index (χ3v) is 9.30. The van der Waals surface area contributed by atoms with Crippen molar-refractivity contribution >= 4 is 22.5 Å². The van der Waals surface area contributed by atoms with E-state index < -0.39 is 0 Å². The number of amides is 1. The highest BCUT2D eigenvalue weighted by Gasteiger charge is 2.26. The molecule has 1 saturated heterocycles. The first-order chi connectivity index (χ1) is 18.9. The van der Waals surface area contributed by atoms with Gasteiger partial charge < -0.3 is 15.2 Å². The predicted octanol–water partition coefficient (Wildman–Crippen LogP) is 6.25. The first-order valence-corrected chi connectivity index (χ1v) is 14.9. The second-order valence-electron chi connectivity index (χ2n) is 12.1. The Morgan fingerprint density at radius 3 is 2.59 bits per heavy atom. The molecule has 2 aliphatic rings. The Morgan fingerprint density at radius 1 is 1.08 bits per heavy atom. The number of rotatable bonds is 6. The highest BCUT2D eigenvalue weighted by molar-refractivity contribution is 5.92. The van der Waals surface area contributed by atoms with Crippen LogP contribution in [0.1, 0.15) is 92.9 Å². The quantitative estimate of drug-likeness (QED) is 0.311. The lowest BCUT2D eigenvalue weighted by molar-refractivity contribution is -0.131. The lowest BCUT2D eigenvalue weighted by atomic mass is 9.87. The average molecular weight is 527 g/mol. The van der Waals surface area contributed by atoms with E-state index in [1.54, 1.807) is 6.33 Å². The molecule has 1 aliphatic heterocycles. The minimum atomic E-state index is 0.266. The van der Waals surface area contributed by atoms with Crippen LogP contribution in [0.3, 0.4) is 0 Å². The highest BCUT2D eigenvalue weighted by atomic mass is 16.2. The number of fused-ring (bicyclic) bond motifs is 2. The van der Waals surface area contributed by atoms with Crippen LogP contribution in [0.5, 0.6) is 0 Å². The molecule has 2 fully saturated rings. The van der Waals surface area contributed by atoms with E-state index >= 15 is 0 Å². The number of aryl methyl sites for hydroxylation is 1. The summed E-state index contributed by atoms with van der Waals surface area (Å²) in [5.41, 5.74) is 9.59. The molecule has 6 rings (SSSR count). The number of nitrogens with one attached hydrogen (secondary N) is 2. The van der Waals surface area contributed by atoms with Crippen LogP contribution < -0.4 is 5.32 Å². The zero-order valence-electron chi connectivity index (χ0n) is 23.9. The number of H-pyrrole nitrogens is 1. The molecule has 0 bridgehead atoms. The second kappa shape index (κ2) is 10.8. The fourth-order valence-electron chi connectivity index (χ4n) is 6.86. The Labute approximate surface area is 231 Å². The molecule has 1 amide bonds. The van der Waals surface area contributed by atoms with Gasteiger partial charge in [-0.25, -0.2) is 9.50 Å². The van der Waals surface area contributed by atoms with E-state index in [1.165, 1.54) is 71.0 Å². The maximum atomic E-state index is 12.9. The van der Waals surface area contributed by atoms with Crippen molar-refractivity contribution in [3.05, 3.63) is 53.0 Å². The van der Waals surface area contributed by atoms with E-state index in [1.807, 2.05) is 4.52 Å². The van der Waals surface area contributed by atoms with Crippen molar-refractivity contribution in [1.82, 2.24) is 29.8 Å². The number of nitrogens with zero attached hydrogens (tertiary/aromatic N) is 4.